The van der Waals surface area contributed by atoms with Crippen molar-refractivity contribution in [1.82, 2.24) is 0 Å². The summed E-state index contributed by atoms with van der Waals surface area (Å²) in [5.41, 5.74) is 7.99. The summed E-state index contributed by atoms with van der Waals surface area (Å²) in [6.45, 7) is 0. The molecule has 2 nitrogen and oxygen atoms in total. The number of nitrogen functional groups attached to an aromatic ring is 1. The van der Waals surface area contributed by atoms with Crippen LogP contribution in [0.25, 0.3) is 0 Å². The van der Waals surface area contributed by atoms with E-state index in [9.17, 15) is 0 Å². The van der Waals surface area contributed by atoms with E-state index < -0.39 is 0 Å². The van der Waals surface area contributed by atoms with Crippen LogP contribution in [0, 0.1) is 0 Å². The molecule has 0 saturated heterocycles. The van der Waals surface area contributed by atoms with E-state index in [-0.39, 0.29) is 0 Å². The molecule has 0 spiro atoms. The van der Waals surface area contributed by atoms with Gasteiger partial charge in [0.15, 0.2) is 0 Å². The Labute approximate surface area is 118 Å². The van der Waals surface area contributed by atoms with E-state index in [1.807, 2.05) is 18.2 Å². The lowest BCUT2D eigenvalue weighted by molar-refractivity contribution is 1.53. The predicted octanol–water partition coefficient (Wildman–Crippen LogP) is 5.08. The van der Waals surface area contributed by atoms with E-state index in [2.05, 4.69) is 21.2 Å². The number of nitrogens with one attached hydrogen (secondary N) is 1. The van der Waals surface area contributed by atoms with Gasteiger partial charge in [0.25, 0.3) is 0 Å². The quantitative estimate of drug-likeness (QED) is 0.753. The monoisotopic (exact) mass is 330 g/mol. The normalized spacial score (nSPS) is 10.3. The fourth-order valence-electron chi connectivity index (χ4n) is 1.39. The van der Waals surface area contributed by atoms with Gasteiger partial charge < -0.3 is 11.1 Å². The van der Waals surface area contributed by atoms with Crippen molar-refractivity contribution in [1.29, 1.82) is 0 Å². The Morgan fingerprint density at radius 2 is 1.76 bits per heavy atom. The largest absolute Gasteiger partial charge is 0.397 e. The molecule has 3 N–H and O–H groups in total. The smallest absolute Gasteiger partial charge is 0.0641 e. The molecule has 0 aliphatic rings. The molecule has 0 amide bonds. The molecule has 0 aromatic heterocycles. The third-order valence-electron chi connectivity index (χ3n) is 2.21. The molecule has 0 unspecified atom stereocenters. The van der Waals surface area contributed by atoms with E-state index in [4.69, 9.17) is 28.9 Å². The minimum absolute atomic E-state index is 0.577. The molecule has 0 fully saturated rings. The highest BCUT2D eigenvalue weighted by Gasteiger charge is 2.04. The van der Waals surface area contributed by atoms with Gasteiger partial charge >= 0.3 is 0 Å². The maximum atomic E-state index is 6.08. The van der Waals surface area contributed by atoms with Crippen LogP contribution in [0.3, 0.4) is 0 Å². The molecule has 0 aliphatic carbocycles. The second-order valence-electron chi connectivity index (χ2n) is 3.48. The van der Waals surface area contributed by atoms with Gasteiger partial charge in [-0.1, -0.05) is 39.1 Å². The van der Waals surface area contributed by atoms with E-state index in [0.717, 1.165) is 15.8 Å². The molecule has 0 heterocycles. The van der Waals surface area contributed by atoms with E-state index in [1.165, 1.54) is 0 Å². The van der Waals surface area contributed by atoms with Gasteiger partial charge in [-0.15, -0.1) is 0 Å². The Bertz CT molecular complexity index is 558. The summed E-state index contributed by atoms with van der Waals surface area (Å²) in [5.74, 6) is 0. The van der Waals surface area contributed by atoms with Gasteiger partial charge in [0, 0.05) is 9.50 Å². The molecular formula is C12H9BrCl2N2. The number of anilines is 3. The van der Waals surface area contributed by atoms with Crippen molar-refractivity contribution in [3.8, 4) is 0 Å². The van der Waals surface area contributed by atoms with Crippen LogP contribution in [0.15, 0.2) is 40.9 Å². The van der Waals surface area contributed by atoms with Crippen molar-refractivity contribution in [2.75, 3.05) is 11.1 Å². The van der Waals surface area contributed by atoms with Gasteiger partial charge in [-0.05, 0) is 36.4 Å². The number of halogens is 3. The highest BCUT2D eigenvalue weighted by molar-refractivity contribution is 9.10. The van der Waals surface area contributed by atoms with Crippen LogP contribution >= 0.6 is 39.1 Å². The minimum Gasteiger partial charge on any atom is -0.397 e. The van der Waals surface area contributed by atoms with E-state index in [0.29, 0.717) is 15.7 Å². The lowest BCUT2D eigenvalue weighted by Gasteiger charge is -2.11. The van der Waals surface area contributed by atoms with Crippen molar-refractivity contribution in [3.05, 3.63) is 50.9 Å². The third kappa shape index (κ3) is 3.06. The van der Waals surface area contributed by atoms with Crippen LogP contribution in [-0.4, -0.2) is 0 Å². The fraction of sp³-hybridized carbons (Fsp3) is 0. The van der Waals surface area contributed by atoms with Crippen LogP contribution in [0.5, 0.6) is 0 Å². The van der Waals surface area contributed by atoms with Gasteiger partial charge in [0.2, 0.25) is 0 Å². The number of rotatable bonds is 2. The molecule has 0 atom stereocenters. The molecule has 5 heteroatoms. The molecule has 17 heavy (non-hydrogen) atoms. The first-order valence-electron chi connectivity index (χ1n) is 4.83. The van der Waals surface area contributed by atoms with E-state index >= 15 is 0 Å². The van der Waals surface area contributed by atoms with Crippen LogP contribution < -0.4 is 11.1 Å². The number of nitrogens with two attached hydrogens (primary N) is 1. The zero-order chi connectivity index (χ0) is 12.4. The van der Waals surface area contributed by atoms with E-state index in [1.54, 1.807) is 18.2 Å². The first kappa shape index (κ1) is 12.6. The minimum atomic E-state index is 0.577. The lowest BCUT2D eigenvalue weighted by atomic mass is 10.2. The highest BCUT2D eigenvalue weighted by atomic mass is 79.9. The molecule has 2 aromatic carbocycles. The lowest BCUT2D eigenvalue weighted by Crippen LogP contribution is -1.96. The van der Waals surface area contributed by atoms with Crippen molar-refractivity contribution >= 4 is 56.2 Å². The Kier molecular flexibility index (Phi) is 3.82. The van der Waals surface area contributed by atoms with Gasteiger partial charge in [0.1, 0.15) is 0 Å². The summed E-state index contributed by atoms with van der Waals surface area (Å²) in [6.07, 6.45) is 0. The molecule has 0 bridgehead atoms. The number of hydrogen-bond acceptors (Lipinski definition) is 2. The summed E-state index contributed by atoms with van der Waals surface area (Å²) >= 11 is 15.3. The predicted molar refractivity (Wildman–Crippen MR) is 78.3 cm³/mol. The van der Waals surface area contributed by atoms with Gasteiger partial charge in [-0.3, -0.25) is 0 Å². The molecular weight excluding hydrogens is 323 g/mol. The molecule has 2 aromatic rings. The maximum absolute atomic E-state index is 6.08. The fourth-order valence-corrected chi connectivity index (χ4v) is 2.09. The van der Waals surface area contributed by atoms with Crippen LogP contribution in [0.4, 0.5) is 17.1 Å². The SMILES string of the molecule is Nc1cc(Cl)ccc1Nc1cc(Br)ccc1Cl. The summed E-state index contributed by atoms with van der Waals surface area (Å²) < 4.78 is 0.942. The van der Waals surface area contributed by atoms with Crippen LogP contribution in [0.2, 0.25) is 10.0 Å². The van der Waals surface area contributed by atoms with Crippen molar-refractivity contribution < 1.29 is 0 Å². The standard InChI is InChI=1S/C12H9BrCl2N2/c13-7-1-3-9(15)12(5-7)17-11-4-2-8(14)6-10(11)16/h1-6,17H,16H2. The summed E-state index contributed by atoms with van der Waals surface area (Å²) in [5, 5.41) is 4.40. The van der Waals surface area contributed by atoms with Gasteiger partial charge in [-0.2, -0.15) is 0 Å². The summed E-state index contributed by atoms with van der Waals surface area (Å²) in [7, 11) is 0. The average Bonchev–Trinajstić information content (AvgIpc) is 2.27. The third-order valence-corrected chi connectivity index (χ3v) is 3.27. The molecule has 0 aliphatic heterocycles. The van der Waals surface area contributed by atoms with Crippen molar-refractivity contribution in [2.24, 2.45) is 0 Å². The summed E-state index contributed by atoms with van der Waals surface area (Å²) in [6, 6.07) is 10.8. The van der Waals surface area contributed by atoms with Gasteiger partial charge in [0.05, 0.1) is 22.1 Å². The summed E-state index contributed by atoms with van der Waals surface area (Å²) in [4.78, 5) is 0. The van der Waals surface area contributed by atoms with Gasteiger partial charge in [-0.25, -0.2) is 0 Å². The number of hydrogen-bond donors (Lipinski definition) is 2. The zero-order valence-electron chi connectivity index (χ0n) is 8.68. The maximum Gasteiger partial charge on any atom is 0.0641 e. The van der Waals surface area contributed by atoms with Crippen molar-refractivity contribution in [3.63, 3.8) is 0 Å². The highest BCUT2D eigenvalue weighted by Crippen LogP contribution is 2.31. The topological polar surface area (TPSA) is 38.0 Å². The Hall–Kier alpha value is -0.900. The van der Waals surface area contributed by atoms with Crippen LogP contribution in [-0.2, 0) is 0 Å². The Morgan fingerprint density at radius 3 is 2.47 bits per heavy atom. The molecule has 88 valence electrons. The number of benzene rings is 2. The first-order valence-corrected chi connectivity index (χ1v) is 6.38. The molecule has 2 rings (SSSR count). The zero-order valence-corrected chi connectivity index (χ0v) is 11.8. The second kappa shape index (κ2) is 5.17. The van der Waals surface area contributed by atoms with Crippen molar-refractivity contribution in [2.45, 2.75) is 0 Å². The Morgan fingerprint density at radius 1 is 1.00 bits per heavy atom. The van der Waals surface area contributed by atoms with Crippen LogP contribution in [0.1, 0.15) is 0 Å². The second-order valence-corrected chi connectivity index (χ2v) is 5.24. The Balaban J connectivity index is 2.34. The average molecular weight is 332 g/mol. The molecule has 0 radical (unpaired) electrons. The molecule has 0 saturated carbocycles. The first-order chi connectivity index (χ1) is 8.06.